The number of allylic oxidation sites excluding steroid dienone is 1. The van der Waals surface area contributed by atoms with E-state index in [4.69, 9.17) is 35.5 Å². The summed E-state index contributed by atoms with van der Waals surface area (Å²) in [6.07, 6.45) is 10.7. The molecular formula is C42H60ClN5O7S. The van der Waals surface area contributed by atoms with Crippen molar-refractivity contribution in [1.82, 2.24) is 19.5 Å². The fourth-order valence-corrected chi connectivity index (χ4v) is 10.9. The van der Waals surface area contributed by atoms with Gasteiger partial charge in [-0.2, -0.15) is 0 Å². The quantitative estimate of drug-likeness (QED) is 0.257. The molecule has 1 saturated carbocycles. The summed E-state index contributed by atoms with van der Waals surface area (Å²) in [5.41, 5.74) is 1.71. The largest absolute Gasteiger partial charge is 0.489 e. The van der Waals surface area contributed by atoms with Crippen LogP contribution in [0.4, 0.5) is 5.82 Å². The first kappa shape index (κ1) is 41.4. The Bertz CT molecular complexity index is 1850. The van der Waals surface area contributed by atoms with E-state index in [9.17, 15) is 13.2 Å². The van der Waals surface area contributed by atoms with E-state index in [-0.39, 0.29) is 36.0 Å². The Morgan fingerprint density at radius 2 is 2.05 bits per heavy atom. The zero-order valence-electron chi connectivity index (χ0n) is 33.5. The maximum absolute atomic E-state index is 13.6. The number of piperazine rings is 1. The van der Waals surface area contributed by atoms with Gasteiger partial charge in [-0.15, -0.1) is 0 Å². The molecule has 2 saturated heterocycles. The minimum Gasteiger partial charge on any atom is -0.489 e. The van der Waals surface area contributed by atoms with Crippen molar-refractivity contribution in [3.05, 3.63) is 64.3 Å². The highest BCUT2D eigenvalue weighted by atomic mass is 35.5. The molecule has 5 aliphatic rings. The molecule has 2 aromatic rings. The number of nitrogens with zero attached hydrogens (tertiary/aromatic N) is 4. The summed E-state index contributed by atoms with van der Waals surface area (Å²) in [6, 6.07) is 9.95. The Labute approximate surface area is 338 Å². The van der Waals surface area contributed by atoms with Crippen LogP contribution in [0.1, 0.15) is 74.0 Å². The second kappa shape index (κ2) is 17.6. The highest BCUT2D eigenvalue weighted by Crippen LogP contribution is 2.49. The fraction of sp³-hybridized carbons (Fsp3) is 0.667. The highest BCUT2D eigenvalue weighted by molar-refractivity contribution is 7.90. The number of anilines is 1. The maximum Gasteiger partial charge on any atom is 0.283 e. The van der Waals surface area contributed by atoms with E-state index in [1.807, 2.05) is 13.2 Å². The van der Waals surface area contributed by atoms with Gasteiger partial charge >= 0.3 is 0 Å². The third-order valence-corrected chi connectivity index (χ3v) is 15.1. The molecule has 6 atom stereocenters. The van der Waals surface area contributed by atoms with Crippen molar-refractivity contribution in [2.45, 2.75) is 81.1 Å². The Morgan fingerprint density at radius 3 is 2.82 bits per heavy atom. The van der Waals surface area contributed by atoms with Crippen LogP contribution < -0.4 is 14.4 Å². The lowest BCUT2D eigenvalue weighted by atomic mass is 9.63. The first-order chi connectivity index (χ1) is 27.0. The maximum atomic E-state index is 13.6. The minimum absolute atomic E-state index is 0.0276. The molecule has 4 heterocycles. The van der Waals surface area contributed by atoms with Crippen LogP contribution in [-0.4, -0.2) is 132 Å². The van der Waals surface area contributed by atoms with Gasteiger partial charge < -0.3 is 23.8 Å². The van der Waals surface area contributed by atoms with E-state index in [1.54, 1.807) is 19.1 Å². The number of amides is 1. The third-order valence-electron chi connectivity index (χ3n) is 13.1. The second-order valence-electron chi connectivity index (χ2n) is 16.6. The van der Waals surface area contributed by atoms with Gasteiger partial charge in [0.05, 0.1) is 25.1 Å². The van der Waals surface area contributed by atoms with Crippen LogP contribution in [0.2, 0.25) is 5.02 Å². The van der Waals surface area contributed by atoms with E-state index in [0.717, 1.165) is 89.5 Å². The summed E-state index contributed by atoms with van der Waals surface area (Å²) in [7, 11) is -0.575. The average molecular weight is 814 g/mol. The van der Waals surface area contributed by atoms with Gasteiger partial charge in [0.15, 0.2) is 11.6 Å². The molecule has 12 nitrogen and oxygen atoms in total. The molecule has 0 radical (unpaired) electrons. The lowest BCUT2D eigenvalue weighted by molar-refractivity contribution is -0.108. The van der Waals surface area contributed by atoms with E-state index in [2.05, 4.69) is 50.6 Å². The van der Waals surface area contributed by atoms with Crippen molar-refractivity contribution in [1.29, 1.82) is 0 Å². The molecular weight excluding hydrogens is 754 g/mol. The number of benzene rings is 1. The van der Waals surface area contributed by atoms with Gasteiger partial charge in [-0.25, -0.2) is 18.1 Å². The number of hydrogen-bond acceptors (Lipinski definition) is 11. The van der Waals surface area contributed by atoms with Crippen molar-refractivity contribution in [2.75, 3.05) is 91.4 Å². The van der Waals surface area contributed by atoms with Crippen LogP contribution in [0.3, 0.4) is 0 Å². The molecule has 1 amide bonds. The first-order valence-corrected chi connectivity index (χ1v) is 22.4. The molecule has 7 rings (SSSR count). The number of rotatable bonds is 14. The SMILES string of the molecule is CC/C=C/[C@](CN1CCN2CCOC[C@@H]2C1)(OC)[C@@H]1CC[C@H]1CN1C[C@@]2(CCCc3cc(Cl)ccc32)COc2ccc(C(=O)NS(=O)(=O)[C@H](C)CCOC)nc21. The van der Waals surface area contributed by atoms with Gasteiger partial charge in [-0.05, 0) is 99.1 Å². The summed E-state index contributed by atoms with van der Waals surface area (Å²) in [5.74, 6) is 0.909. The third kappa shape index (κ3) is 8.65. The van der Waals surface area contributed by atoms with Gasteiger partial charge in [-0.3, -0.25) is 14.6 Å². The Hall–Kier alpha value is -2.78. The summed E-state index contributed by atoms with van der Waals surface area (Å²) in [4.78, 5) is 26.0. The standard InChI is InChI=1S/C42H60ClN5O7S/c1-5-6-17-42(53-4,28-46-18-19-47-20-22-54-26-34(47)25-46)36-11-9-32(36)24-48-27-41(16-7-8-31-23-33(43)10-12-35(31)41)29-55-38-14-13-37(44-39(38)48)40(49)45-56(50,51)30(2)15-21-52-3/h6,10,12-14,17,23,30,32,34,36H,5,7-9,11,15-16,18-22,24-29H2,1-4H3,(H,45,49)/b17-6+/t30-,32+,34+,36-,41+,42-/m1/s1. The Balaban J connectivity index is 1.20. The van der Waals surface area contributed by atoms with Crippen LogP contribution in [0.25, 0.3) is 0 Å². The van der Waals surface area contributed by atoms with Crippen LogP contribution >= 0.6 is 11.6 Å². The van der Waals surface area contributed by atoms with Crippen LogP contribution in [0.15, 0.2) is 42.5 Å². The predicted octanol–water partition coefficient (Wildman–Crippen LogP) is 5.09. The molecule has 56 heavy (non-hydrogen) atoms. The average Bonchev–Trinajstić information content (AvgIpc) is 3.33. The summed E-state index contributed by atoms with van der Waals surface area (Å²) in [6.45, 7) is 12.2. The van der Waals surface area contributed by atoms with E-state index < -0.39 is 26.8 Å². The molecule has 3 aliphatic heterocycles. The second-order valence-corrected chi connectivity index (χ2v) is 19.1. The highest BCUT2D eigenvalue weighted by Gasteiger charge is 2.50. The number of morpholine rings is 1. The van der Waals surface area contributed by atoms with E-state index in [0.29, 0.717) is 37.3 Å². The molecule has 1 spiro atoms. The number of halogens is 1. The van der Waals surface area contributed by atoms with Crippen molar-refractivity contribution < 1.29 is 32.2 Å². The number of carbonyl (C=O) groups is 1. The van der Waals surface area contributed by atoms with E-state index >= 15 is 0 Å². The topological polar surface area (TPSA) is 123 Å². The van der Waals surface area contributed by atoms with Crippen molar-refractivity contribution in [3.8, 4) is 5.75 Å². The number of nitrogens with one attached hydrogen (secondary N) is 1. The van der Waals surface area contributed by atoms with Gasteiger partial charge in [0, 0.05) is 83.1 Å². The van der Waals surface area contributed by atoms with Crippen LogP contribution in [0, 0.1) is 11.8 Å². The van der Waals surface area contributed by atoms with Gasteiger partial charge in [0.2, 0.25) is 10.0 Å². The number of aryl methyl sites for hydroxylation is 1. The van der Waals surface area contributed by atoms with Crippen molar-refractivity contribution in [2.24, 2.45) is 11.8 Å². The molecule has 14 heteroatoms. The van der Waals surface area contributed by atoms with Crippen LogP contribution in [0.5, 0.6) is 5.75 Å². The van der Waals surface area contributed by atoms with Crippen molar-refractivity contribution in [3.63, 3.8) is 0 Å². The first-order valence-electron chi connectivity index (χ1n) is 20.5. The zero-order chi connectivity index (χ0) is 39.5. The van der Waals surface area contributed by atoms with E-state index in [1.165, 1.54) is 18.2 Å². The predicted molar refractivity (Wildman–Crippen MR) is 218 cm³/mol. The molecule has 0 unspecified atom stereocenters. The smallest absolute Gasteiger partial charge is 0.283 e. The molecule has 1 aromatic carbocycles. The normalized spacial score (nSPS) is 27.3. The number of carbonyl (C=O) groups excluding carboxylic acids is 1. The van der Waals surface area contributed by atoms with Gasteiger partial charge in [0.25, 0.3) is 5.91 Å². The number of pyridine rings is 1. The molecule has 1 aromatic heterocycles. The van der Waals surface area contributed by atoms with Gasteiger partial charge in [0.1, 0.15) is 11.3 Å². The number of ether oxygens (including phenoxy) is 4. The molecule has 0 bridgehead atoms. The number of aromatic nitrogens is 1. The number of sulfonamides is 1. The van der Waals surface area contributed by atoms with Crippen LogP contribution in [-0.2, 0) is 36.1 Å². The Morgan fingerprint density at radius 1 is 1.20 bits per heavy atom. The number of methoxy groups -OCH3 is 2. The Kier molecular flexibility index (Phi) is 13.0. The minimum atomic E-state index is -3.96. The lowest BCUT2D eigenvalue weighted by Gasteiger charge is -2.53. The zero-order valence-corrected chi connectivity index (χ0v) is 35.1. The molecule has 3 fully saturated rings. The molecule has 308 valence electrons. The molecule has 1 N–H and O–H groups in total. The van der Waals surface area contributed by atoms with Gasteiger partial charge in [-0.1, -0.05) is 36.7 Å². The number of fused-ring (bicyclic) bond motifs is 4. The monoisotopic (exact) mass is 813 g/mol. The number of hydrogen-bond donors (Lipinski definition) is 1. The van der Waals surface area contributed by atoms with Crippen molar-refractivity contribution >= 4 is 33.3 Å². The summed E-state index contributed by atoms with van der Waals surface area (Å²) >= 11 is 6.51. The summed E-state index contributed by atoms with van der Waals surface area (Å²) < 4.78 is 52.8. The lowest BCUT2D eigenvalue weighted by Crippen LogP contribution is -2.62. The molecule has 2 aliphatic carbocycles. The fourth-order valence-electron chi connectivity index (χ4n) is 9.74. The summed E-state index contributed by atoms with van der Waals surface area (Å²) in [5, 5.41) is -0.0879.